The Balaban J connectivity index is 1.43. The van der Waals surface area contributed by atoms with Gasteiger partial charge in [-0.05, 0) is 32.1 Å². The molecule has 32 heavy (non-hydrogen) atoms. The van der Waals surface area contributed by atoms with Gasteiger partial charge in [0.15, 0.2) is 17.3 Å². The molecule has 1 aromatic carbocycles. The Morgan fingerprint density at radius 2 is 1.66 bits per heavy atom. The Bertz CT molecular complexity index is 1100. The van der Waals surface area contributed by atoms with Crippen LogP contribution in [0.5, 0.6) is 17.2 Å². The van der Waals surface area contributed by atoms with Crippen LogP contribution in [-0.4, -0.2) is 53.9 Å². The second-order valence-electron chi connectivity index (χ2n) is 8.02. The van der Waals surface area contributed by atoms with Gasteiger partial charge in [0.1, 0.15) is 12.1 Å². The van der Waals surface area contributed by atoms with Crippen molar-refractivity contribution in [2.45, 2.75) is 32.1 Å². The van der Waals surface area contributed by atoms with Crippen molar-refractivity contribution in [1.82, 2.24) is 19.5 Å². The van der Waals surface area contributed by atoms with E-state index in [1.165, 1.54) is 18.4 Å². The average molecular weight is 437 g/mol. The van der Waals surface area contributed by atoms with Gasteiger partial charge >= 0.3 is 0 Å². The smallest absolute Gasteiger partial charge is 0.230 e. The second-order valence-corrected chi connectivity index (χ2v) is 8.02. The molecule has 0 saturated carbocycles. The van der Waals surface area contributed by atoms with E-state index >= 15 is 0 Å². The van der Waals surface area contributed by atoms with E-state index in [9.17, 15) is 0 Å². The molecule has 0 amide bonds. The number of aromatic nitrogens is 4. The van der Waals surface area contributed by atoms with Crippen LogP contribution in [0.15, 0.2) is 24.7 Å². The number of anilines is 3. The van der Waals surface area contributed by atoms with Crippen molar-refractivity contribution in [2.24, 2.45) is 0 Å². The third kappa shape index (κ3) is 3.68. The molecule has 1 aliphatic carbocycles. The van der Waals surface area contributed by atoms with Crippen LogP contribution >= 0.6 is 0 Å². The van der Waals surface area contributed by atoms with E-state index < -0.39 is 0 Å². The lowest BCUT2D eigenvalue weighted by Gasteiger charge is -2.20. The van der Waals surface area contributed by atoms with Crippen molar-refractivity contribution in [3.8, 4) is 22.9 Å². The lowest BCUT2D eigenvalue weighted by molar-refractivity contribution is 0.324. The predicted octanol–water partition coefficient (Wildman–Crippen LogP) is 3.52. The lowest BCUT2D eigenvalue weighted by atomic mass is 10.2. The number of ether oxygens (including phenoxy) is 3. The average Bonchev–Trinajstić information content (AvgIpc) is 3.59. The van der Waals surface area contributed by atoms with Gasteiger partial charge in [0, 0.05) is 30.8 Å². The van der Waals surface area contributed by atoms with Crippen LogP contribution < -0.4 is 24.4 Å². The van der Waals surface area contributed by atoms with Crippen LogP contribution in [0.2, 0.25) is 0 Å². The number of benzene rings is 1. The fourth-order valence-electron chi connectivity index (χ4n) is 4.52. The summed E-state index contributed by atoms with van der Waals surface area (Å²) in [6.07, 6.45) is 9.29. The normalized spacial score (nSPS) is 15.0. The van der Waals surface area contributed by atoms with Crippen LogP contribution in [0.1, 0.15) is 30.5 Å². The van der Waals surface area contributed by atoms with Gasteiger partial charge in [-0.15, -0.1) is 0 Å². The fraction of sp³-hybridized carbons (Fsp3) is 0.435. The molecule has 0 radical (unpaired) electrons. The zero-order chi connectivity index (χ0) is 22.1. The van der Waals surface area contributed by atoms with Crippen molar-refractivity contribution in [2.75, 3.05) is 44.6 Å². The molecule has 1 fully saturated rings. The van der Waals surface area contributed by atoms with Gasteiger partial charge in [0.05, 0.1) is 38.9 Å². The molecule has 2 aromatic heterocycles. The fourth-order valence-corrected chi connectivity index (χ4v) is 4.52. The topological polar surface area (TPSA) is 86.6 Å². The summed E-state index contributed by atoms with van der Waals surface area (Å²) in [6, 6.07) is 3.76. The van der Waals surface area contributed by atoms with Crippen LogP contribution in [0.4, 0.5) is 17.6 Å². The van der Waals surface area contributed by atoms with E-state index in [1.807, 2.05) is 22.9 Å². The van der Waals surface area contributed by atoms with E-state index in [1.54, 1.807) is 27.7 Å². The lowest BCUT2D eigenvalue weighted by Crippen LogP contribution is -2.21. The summed E-state index contributed by atoms with van der Waals surface area (Å²) in [5, 5.41) is 3.30. The van der Waals surface area contributed by atoms with Crippen LogP contribution in [-0.2, 0) is 12.8 Å². The number of hydrogen-bond acceptors (Lipinski definition) is 8. The molecular weight excluding hydrogens is 408 g/mol. The summed E-state index contributed by atoms with van der Waals surface area (Å²) in [4.78, 5) is 16.6. The van der Waals surface area contributed by atoms with E-state index in [2.05, 4.69) is 15.2 Å². The Labute approximate surface area is 187 Å². The zero-order valence-electron chi connectivity index (χ0n) is 18.7. The molecule has 5 rings (SSSR count). The summed E-state index contributed by atoms with van der Waals surface area (Å²) < 4.78 is 18.2. The molecule has 1 saturated heterocycles. The summed E-state index contributed by atoms with van der Waals surface area (Å²) in [5.41, 5.74) is 3.32. The highest BCUT2D eigenvalue weighted by Crippen LogP contribution is 2.39. The van der Waals surface area contributed by atoms with Crippen molar-refractivity contribution in [3.63, 3.8) is 0 Å². The Morgan fingerprint density at radius 3 is 2.34 bits per heavy atom. The first-order chi connectivity index (χ1) is 15.7. The van der Waals surface area contributed by atoms with Gasteiger partial charge in [-0.25, -0.2) is 9.97 Å². The van der Waals surface area contributed by atoms with E-state index in [0.29, 0.717) is 29.0 Å². The third-order valence-corrected chi connectivity index (χ3v) is 6.09. The molecule has 3 aromatic rings. The first-order valence-electron chi connectivity index (χ1n) is 11.0. The maximum atomic E-state index is 5.47. The number of methoxy groups -OCH3 is 3. The van der Waals surface area contributed by atoms with Gasteiger partial charge in [-0.3, -0.25) is 0 Å². The SMILES string of the molecule is COc1cc(-n2cnc(Nc3nc4c(c(N5CCCC5)n3)CCC4)c2)cc(OC)c1OC. The largest absolute Gasteiger partial charge is 0.493 e. The number of rotatable bonds is 7. The summed E-state index contributed by atoms with van der Waals surface area (Å²) in [6.45, 7) is 2.14. The van der Waals surface area contributed by atoms with Gasteiger partial charge in [0.25, 0.3) is 0 Å². The van der Waals surface area contributed by atoms with Gasteiger partial charge in [-0.2, -0.15) is 4.98 Å². The van der Waals surface area contributed by atoms with Gasteiger partial charge in [-0.1, -0.05) is 0 Å². The minimum atomic E-state index is 0.554. The number of imidazole rings is 1. The molecule has 168 valence electrons. The minimum absolute atomic E-state index is 0.554. The molecule has 0 bridgehead atoms. The molecule has 9 nitrogen and oxygen atoms in total. The van der Waals surface area contributed by atoms with Crippen LogP contribution in [0, 0.1) is 0 Å². The summed E-state index contributed by atoms with van der Waals surface area (Å²) >= 11 is 0. The monoisotopic (exact) mass is 436 g/mol. The Kier molecular flexibility index (Phi) is 5.46. The molecule has 1 N–H and O–H groups in total. The highest BCUT2D eigenvalue weighted by atomic mass is 16.5. The van der Waals surface area contributed by atoms with E-state index in [4.69, 9.17) is 24.2 Å². The standard InChI is InChI=1S/C23H28N6O3/c1-30-18-11-15(12-19(31-2)21(18)32-3)29-13-20(24-14-29)26-23-25-17-8-6-7-16(17)22(27-23)28-9-4-5-10-28/h11-14H,4-10H2,1-3H3,(H,25,26,27). The zero-order valence-corrected chi connectivity index (χ0v) is 18.7. The van der Waals surface area contributed by atoms with E-state index in [-0.39, 0.29) is 0 Å². The molecule has 0 atom stereocenters. The number of fused-ring (bicyclic) bond motifs is 1. The number of hydrogen-bond donors (Lipinski definition) is 1. The number of aryl methyl sites for hydroxylation is 1. The Morgan fingerprint density at radius 1 is 0.906 bits per heavy atom. The highest BCUT2D eigenvalue weighted by Gasteiger charge is 2.25. The predicted molar refractivity (Wildman–Crippen MR) is 122 cm³/mol. The maximum absolute atomic E-state index is 5.47. The quantitative estimate of drug-likeness (QED) is 0.602. The van der Waals surface area contributed by atoms with Gasteiger partial charge < -0.3 is 29.0 Å². The van der Waals surface area contributed by atoms with Crippen LogP contribution in [0.25, 0.3) is 5.69 Å². The molecule has 3 heterocycles. The van der Waals surface area contributed by atoms with Crippen molar-refractivity contribution < 1.29 is 14.2 Å². The molecule has 0 spiro atoms. The van der Waals surface area contributed by atoms with Crippen molar-refractivity contribution in [3.05, 3.63) is 35.9 Å². The van der Waals surface area contributed by atoms with Crippen LogP contribution in [0.3, 0.4) is 0 Å². The first kappa shape index (κ1) is 20.4. The number of nitrogens with one attached hydrogen (secondary N) is 1. The molecule has 9 heteroatoms. The third-order valence-electron chi connectivity index (χ3n) is 6.09. The van der Waals surface area contributed by atoms with E-state index in [0.717, 1.165) is 49.6 Å². The Hall–Kier alpha value is -3.49. The maximum Gasteiger partial charge on any atom is 0.230 e. The molecular formula is C23H28N6O3. The molecule has 1 aliphatic heterocycles. The second kappa shape index (κ2) is 8.57. The minimum Gasteiger partial charge on any atom is -0.493 e. The molecule has 0 unspecified atom stereocenters. The first-order valence-corrected chi connectivity index (χ1v) is 11.0. The highest BCUT2D eigenvalue weighted by molar-refractivity contribution is 5.60. The summed E-state index contributed by atoms with van der Waals surface area (Å²) in [5.74, 6) is 4.09. The van der Waals surface area contributed by atoms with Crippen molar-refractivity contribution >= 4 is 17.6 Å². The molecule has 2 aliphatic rings. The van der Waals surface area contributed by atoms with Gasteiger partial charge in [0.2, 0.25) is 11.7 Å². The summed E-state index contributed by atoms with van der Waals surface area (Å²) in [7, 11) is 4.79. The van der Waals surface area contributed by atoms with Crippen molar-refractivity contribution in [1.29, 1.82) is 0 Å². The number of nitrogens with zero attached hydrogens (tertiary/aromatic N) is 5.